The topological polar surface area (TPSA) is 126 Å². The van der Waals surface area contributed by atoms with E-state index in [1.54, 1.807) is 18.2 Å². The maximum atomic E-state index is 13.5. The van der Waals surface area contributed by atoms with Crippen molar-refractivity contribution >= 4 is 23.1 Å². The number of likely N-dealkylation sites (tertiary alicyclic amines) is 1. The molecule has 1 unspecified atom stereocenters. The van der Waals surface area contributed by atoms with Gasteiger partial charge >= 0.3 is 0 Å². The van der Waals surface area contributed by atoms with Crippen LogP contribution < -0.4 is 19.5 Å². The average Bonchev–Trinajstić information content (AvgIpc) is 3.13. The molecular weight excluding hydrogens is 454 g/mol. The Morgan fingerprint density at radius 1 is 1.06 bits per heavy atom. The molecule has 2 aromatic rings. The van der Waals surface area contributed by atoms with Crippen LogP contribution in [0, 0.1) is 10.1 Å². The van der Waals surface area contributed by atoms with Crippen LogP contribution in [0.2, 0.25) is 0 Å². The summed E-state index contributed by atoms with van der Waals surface area (Å²) in [6.07, 6.45) is 0. The van der Waals surface area contributed by atoms with Crippen molar-refractivity contribution < 1.29 is 34.0 Å². The molecule has 1 heterocycles. The first-order chi connectivity index (χ1) is 16.8. The van der Waals surface area contributed by atoms with Crippen molar-refractivity contribution in [2.24, 2.45) is 0 Å². The minimum atomic E-state index is -0.964. The Morgan fingerprint density at radius 3 is 2.26 bits per heavy atom. The highest BCUT2D eigenvalue weighted by Crippen LogP contribution is 2.43. The molecule has 35 heavy (non-hydrogen) atoms. The van der Waals surface area contributed by atoms with Crippen LogP contribution in [0.3, 0.4) is 0 Å². The number of hydrogen-bond acceptors (Lipinski definition) is 7. The number of amides is 1. The minimum absolute atomic E-state index is 0.0837. The van der Waals surface area contributed by atoms with E-state index < -0.39 is 28.4 Å². The Hall–Kier alpha value is -3.92. The van der Waals surface area contributed by atoms with Crippen molar-refractivity contribution in [2.75, 3.05) is 40.4 Å². The van der Waals surface area contributed by atoms with Gasteiger partial charge in [-0.05, 0) is 43.7 Å². The molecule has 2 aromatic carbocycles. The van der Waals surface area contributed by atoms with E-state index in [1.165, 1.54) is 48.3 Å². The second-order valence-corrected chi connectivity index (χ2v) is 8.09. The second kappa shape index (κ2) is 11.0. The zero-order valence-corrected chi connectivity index (χ0v) is 20.2. The normalized spacial score (nSPS) is 17.2. The number of quaternary nitrogens is 1. The van der Waals surface area contributed by atoms with Gasteiger partial charge in [-0.1, -0.05) is 5.76 Å². The molecule has 1 amide bonds. The third kappa shape index (κ3) is 5.12. The third-order valence-electron chi connectivity index (χ3n) is 6.31. The maximum Gasteiger partial charge on any atom is 0.295 e. The molecular formula is C25H29N3O7. The van der Waals surface area contributed by atoms with Gasteiger partial charge in [-0.3, -0.25) is 19.7 Å². The number of nitrogens with zero attached hydrogens (tertiary/aromatic N) is 2. The van der Waals surface area contributed by atoms with Gasteiger partial charge in [0.1, 0.15) is 11.5 Å². The van der Waals surface area contributed by atoms with Gasteiger partial charge in [-0.25, -0.2) is 0 Å². The summed E-state index contributed by atoms with van der Waals surface area (Å²) in [6, 6.07) is 8.98. The predicted octanol–water partition coefficient (Wildman–Crippen LogP) is 0.761. The molecule has 3 rings (SSSR count). The van der Waals surface area contributed by atoms with Gasteiger partial charge < -0.3 is 24.4 Å². The Morgan fingerprint density at radius 2 is 1.71 bits per heavy atom. The van der Waals surface area contributed by atoms with Crippen LogP contribution in [-0.4, -0.2) is 61.9 Å². The van der Waals surface area contributed by atoms with Gasteiger partial charge in [0.15, 0.2) is 0 Å². The van der Waals surface area contributed by atoms with Crippen molar-refractivity contribution in [1.29, 1.82) is 0 Å². The average molecular weight is 484 g/mol. The van der Waals surface area contributed by atoms with Gasteiger partial charge in [0.2, 0.25) is 5.78 Å². The summed E-state index contributed by atoms with van der Waals surface area (Å²) in [4.78, 5) is 39.4. The number of nitro groups is 1. The quantitative estimate of drug-likeness (QED) is 0.174. The summed E-state index contributed by atoms with van der Waals surface area (Å²) in [5, 5.41) is 24.5. The highest BCUT2D eigenvalue weighted by atomic mass is 16.6. The molecule has 0 aromatic heterocycles. The number of non-ortho nitro benzene ring substituents is 1. The molecule has 1 fully saturated rings. The monoisotopic (exact) mass is 483 g/mol. The number of nitro benzene ring substituents is 1. The van der Waals surface area contributed by atoms with E-state index in [-0.39, 0.29) is 23.4 Å². The highest BCUT2D eigenvalue weighted by molar-refractivity contribution is 6.46. The first-order valence-electron chi connectivity index (χ1n) is 11.3. The smallest absolute Gasteiger partial charge is 0.295 e. The van der Waals surface area contributed by atoms with Crippen molar-refractivity contribution in [3.63, 3.8) is 0 Å². The Bertz CT molecular complexity index is 1140. The lowest BCUT2D eigenvalue weighted by atomic mass is 9.94. The van der Waals surface area contributed by atoms with Crippen LogP contribution in [0.25, 0.3) is 5.76 Å². The van der Waals surface area contributed by atoms with E-state index in [1.807, 2.05) is 13.8 Å². The highest BCUT2D eigenvalue weighted by Gasteiger charge is 2.45. The number of nitrogens with one attached hydrogen (secondary N) is 1. The number of methoxy groups -OCH3 is 2. The van der Waals surface area contributed by atoms with Gasteiger partial charge in [0.05, 0.1) is 51.4 Å². The standard InChI is InChI=1S/C25H29N3O7/c1-5-26(6-2)13-14-27-22(19-12-11-18(34-3)15-20(19)35-4)21(24(30)25(27)31)23(29)16-7-9-17(10-8-16)28(32)33/h7-12,15,22,29H,5-6,13-14H2,1-4H3/b23-21+. The molecule has 0 aliphatic carbocycles. The van der Waals surface area contributed by atoms with E-state index >= 15 is 0 Å². The number of rotatable bonds is 10. The van der Waals surface area contributed by atoms with Gasteiger partial charge in [-0.15, -0.1) is 0 Å². The number of ether oxygens (including phenoxy) is 2. The SMILES string of the molecule is CC[NH+](CC)CCN1C(=O)C(=O)/C(=C(/[O-])c2ccc([N+](=O)[O-])cc2)C1c1ccc(OC)cc1OC. The van der Waals surface area contributed by atoms with Crippen LogP contribution in [-0.2, 0) is 9.59 Å². The van der Waals surface area contributed by atoms with Gasteiger partial charge in [0, 0.05) is 29.3 Å². The summed E-state index contributed by atoms with van der Waals surface area (Å²) >= 11 is 0. The number of ketones is 1. The summed E-state index contributed by atoms with van der Waals surface area (Å²) < 4.78 is 10.8. The summed E-state index contributed by atoms with van der Waals surface area (Å²) in [5.74, 6) is -1.41. The van der Waals surface area contributed by atoms with E-state index in [9.17, 15) is 24.8 Å². The summed E-state index contributed by atoms with van der Waals surface area (Å²) in [6.45, 7) is 6.63. The lowest BCUT2D eigenvalue weighted by molar-refractivity contribution is -0.895. The first kappa shape index (κ1) is 25.7. The van der Waals surface area contributed by atoms with Crippen molar-refractivity contribution in [2.45, 2.75) is 19.9 Å². The number of likely N-dealkylation sites (N-methyl/N-ethyl adjacent to an activating group) is 1. The molecule has 0 bridgehead atoms. The lowest BCUT2D eigenvalue weighted by Gasteiger charge is -2.29. The van der Waals surface area contributed by atoms with Crippen LogP contribution in [0.1, 0.15) is 31.0 Å². The third-order valence-corrected chi connectivity index (χ3v) is 6.31. The van der Waals surface area contributed by atoms with Crippen LogP contribution in [0.5, 0.6) is 11.5 Å². The largest absolute Gasteiger partial charge is 0.872 e. The molecule has 1 atom stereocenters. The minimum Gasteiger partial charge on any atom is -0.872 e. The van der Waals surface area contributed by atoms with Crippen LogP contribution in [0.4, 0.5) is 5.69 Å². The molecule has 0 spiro atoms. The zero-order chi connectivity index (χ0) is 25.7. The summed E-state index contributed by atoms with van der Waals surface area (Å²) in [7, 11) is 2.96. The molecule has 0 saturated carbocycles. The molecule has 0 radical (unpaired) electrons. The van der Waals surface area contributed by atoms with Crippen LogP contribution >= 0.6 is 0 Å². The fourth-order valence-corrected chi connectivity index (χ4v) is 4.24. The predicted molar refractivity (Wildman–Crippen MR) is 126 cm³/mol. The Labute approximate surface area is 203 Å². The van der Waals surface area contributed by atoms with E-state index in [4.69, 9.17) is 9.47 Å². The molecule has 1 aliphatic heterocycles. The first-order valence-corrected chi connectivity index (χ1v) is 11.3. The fraction of sp³-hybridized carbons (Fsp3) is 0.360. The van der Waals surface area contributed by atoms with Crippen molar-refractivity contribution in [3.8, 4) is 11.5 Å². The van der Waals surface area contributed by atoms with Crippen LogP contribution in [0.15, 0.2) is 48.0 Å². The summed E-state index contributed by atoms with van der Waals surface area (Å²) in [5.41, 5.74) is 0.173. The van der Waals surface area contributed by atoms with Gasteiger partial charge in [-0.2, -0.15) is 0 Å². The number of Topliss-reactive ketones (excluding diaryl/α,β-unsaturated/α-hetero) is 1. The molecule has 1 N–H and O–H groups in total. The Kier molecular flexibility index (Phi) is 8.08. The number of carbonyl (C=O) groups is 2. The number of hydrogen-bond donors (Lipinski definition) is 1. The number of benzene rings is 2. The maximum absolute atomic E-state index is 13.5. The van der Waals surface area contributed by atoms with Crippen molar-refractivity contribution in [1.82, 2.24) is 4.90 Å². The molecule has 10 nitrogen and oxygen atoms in total. The van der Waals surface area contributed by atoms with Gasteiger partial charge in [0.25, 0.3) is 11.6 Å². The molecule has 1 saturated heterocycles. The fourth-order valence-electron chi connectivity index (χ4n) is 4.24. The molecule has 10 heteroatoms. The molecule has 1 aliphatic rings. The van der Waals surface area contributed by atoms with E-state index in [0.29, 0.717) is 23.6 Å². The van der Waals surface area contributed by atoms with Crippen molar-refractivity contribution in [3.05, 3.63) is 69.3 Å². The number of carbonyl (C=O) groups excluding carboxylic acids is 2. The second-order valence-electron chi connectivity index (χ2n) is 8.09. The van der Waals surface area contributed by atoms with E-state index in [0.717, 1.165) is 13.1 Å². The van der Waals surface area contributed by atoms with E-state index in [2.05, 4.69) is 0 Å². The Balaban J connectivity index is 2.17. The zero-order valence-electron chi connectivity index (χ0n) is 20.2. The molecule has 186 valence electrons. The lowest BCUT2D eigenvalue weighted by Crippen LogP contribution is -3.12.